The molecule has 0 amide bonds. The minimum Gasteiger partial charge on any atom is -0.467 e. The molecule has 2 aromatic rings. The predicted molar refractivity (Wildman–Crippen MR) is 74.1 cm³/mol. The Labute approximate surface area is 112 Å². The fourth-order valence-corrected chi connectivity index (χ4v) is 2.37. The highest BCUT2D eigenvalue weighted by atomic mass is 35.5. The summed E-state index contributed by atoms with van der Waals surface area (Å²) in [7, 11) is 2.00. The van der Waals surface area contributed by atoms with Gasteiger partial charge in [0.2, 0.25) is 0 Å². The fraction of sp³-hybridized carbons (Fsp3) is 0.357. The molecular weight excluding hydrogens is 248 g/mol. The van der Waals surface area contributed by atoms with Crippen LogP contribution in [-0.2, 0) is 12.4 Å². The van der Waals surface area contributed by atoms with Gasteiger partial charge in [0.05, 0.1) is 18.7 Å². The first kappa shape index (κ1) is 13.0. The Kier molecular flexibility index (Phi) is 3.92. The lowest BCUT2D eigenvalue weighted by Gasteiger charge is -2.21. The molecule has 0 fully saturated rings. The Morgan fingerprint density at radius 3 is 2.78 bits per heavy atom. The average molecular weight is 265 g/mol. The first-order valence-corrected chi connectivity index (χ1v) is 6.42. The molecule has 18 heavy (non-hydrogen) atoms. The van der Waals surface area contributed by atoms with Crippen molar-refractivity contribution in [3.8, 4) is 0 Å². The third kappa shape index (κ3) is 2.67. The van der Waals surface area contributed by atoms with Gasteiger partial charge in [0.15, 0.2) is 0 Å². The number of nitrogens with zero attached hydrogens (tertiary/aromatic N) is 2. The lowest BCUT2D eigenvalue weighted by molar-refractivity contribution is 0.506. The fourth-order valence-electron chi connectivity index (χ4n) is 2.04. The monoisotopic (exact) mass is 264 g/mol. The molecule has 0 aliphatic rings. The van der Waals surface area contributed by atoms with Crippen molar-refractivity contribution in [1.29, 1.82) is 0 Å². The van der Waals surface area contributed by atoms with Crippen LogP contribution in [0.4, 0.5) is 5.82 Å². The van der Waals surface area contributed by atoms with E-state index in [1.54, 1.807) is 6.26 Å². The number of rotatable bonds is 4. The Bertz CT molecular complexity index is 523. The van der Waals surface area contributed by atoms with E-state index in [9.17, 15) is 0 Å². The Morgan fingerprint density at radius 1 is 1.39 bits per heavy atom. The average Bonchev–Trinajstić information content (AvgIpc) is 2.80. The van der Waals surface area contributed by atoms with Crippen molar-refractivity contribution in [3.05, 3.63) is 47.0 Å². The van der Waals surface area contributed by atoms with Gasteiger partial charge in [0.1, 0.15) is 11.6 Å². The van der Waals surface area contributed by atoms with Crippen molar-refractivity contribution < 1.29 is 4.42 Å². The first-order valence-electron chi connectivity index (χ1n) is 5.88. The molecule has 0 bridgehead atoms. The molecule has 2 heterocycles. The summed E-state index contributed by atoms with van der Waals surface area (Å²) in [4.78, 5) is 6.65. The quantitative estimate of drug-likeness (QED) is 0.789. The smallest absolute Gasteiger partial charge is 0.133 e. The molecule has 0 spiro atoms. The highest BCUT2D eigenvalue weighted by molar-refractivity contribution is 6.17. The van der Waals surface area contributed by atoms with Crippen LogP contribution in [-0.4, -0.2) is 12.0 Å². The van der Waals surface area contributed by atoms with Crippen molar-refractivity contribution >= 4 is 17.4 Å². The highest BCUT2D eigenvalue weighted by Crippen LogP contribution is 2.24. The SMILES string of the molecule is Cc1cc(C)c(CCl)c(N(C)Cc2ccco2)n1. The predicted octanol–water partition coefficient (Wildman–Crippen LogP) is 3.67. The lowest BCUT2D eigenvalue weighted by atomic mass is 10.1. The second kappa shape index (κ2) is 5.44. The summed E-state index contributed by atoms with van der Waals surface area (Å²) in [6.07, 6.45) is 1.68. The van der Waals surface area contributed by atoms with Gasteiger partial charge in [-0.3, -0.25) is 0 Å². The van der Waals surface area contributed by atoms with Gasteiger partial charge in [-0.2, -0.15) is 0 Å². The zero-order chi connectivity index (χ0) is 13.1. The third-order valence-electron chi connectivity index (χ3n) is 2.92. The van der Waals surface area contributed by atoms with E-state index in [0.29, 0.717) is 12.4 Å². The molecule has 0 aliphatic carbocycles. The van der Waals surface area contributed by atoms with Crippen molar-refractivity contribution in [2.45, 2.75) is 26.3 Å². The number of aromatic nitrogens is 1. The maximum Gasteiger partial charge on any atom is 0.133 e. The Hall–Kier alpha value is -1.48. The van der Waals surface area contributed by atoms with Crippen LogP contribution in [0.5, 0.6) is 0 Å². The maximum absolute atomic E-state index is 6.03. The van der Waals surface area contributed by atoms with Gasteiger partial charge in [-0.1, -0.05) is 0 Å². The number of aryl methyl sites for hydroxylation is 2. The Morgan fingerprint density at radius 2 is 2.17 bits per heavy atom. The zero-order valence-corrected chi connectivity index (χ0v) is 11.7. The van der Waals surface area contributed by atoms with E-state index in [2.05, 4.69) is 22.9 Å². The molecule has 2 aromatic heterocycles. The van der Waals surface area contributed by atoms with Crippen LogP contribution in [0, 0.1) is 13.8 Å². The molecule has 0 N–H and O–H groups in total. The minimum absolute atomic E-state index is 0.469. The second-order valence-corrected chi connectivity index (χ2v) is 4.72. The molecule has 4 heteroatoms. The van der Waals surface area contributed by atoms with Gasteiger partial charge in [-0.05, 0) is 37.6 Å². The second-order valence-electron chi connectivity index (χ2n) is 4.45. The summed E-state index contributed by atoms with van der Waals surface area (Å²) in [5.41, 5.74) is 3.26. The van der Waals surface area contributed by atoms with Crippen LogP contribution in [0.15, 0.2) is 28.9 Å². The van der Waals surface area contributed by atoms with E-state index in [4.69, 9.17) is 16.0 Å². The van der Waals surface area contributed by atoms with Crippen LogP contribution >= 0.6 is 11.6 Å². The van der Waals surface area contributed by atoms with Crippen LogP contribution in [0.25, 0.3) is 0 Å². The molecule has 3 nitrogen and oxygen atoms in total. The standard InChI is InChI=1S/C14H17ClN2O/c1-10-7-11(2)16-14(13(10)8-15)17(3)9-12-5-4-6-18-12/h4-7H,8-9H2,1-3H3. The molecule has 0 aromatic carbocycles. The van der Waals surface area contributed by atoms with Crippen LogP contribution in [0.2, 0.25) is 0 Å². The molecule has 96 valence electrons. The number of halogens is 1. The van der Waals surface area contributed by atoms with Gasteiger partial charge in [0, 0.05) is 18.3 Å². The van der Waals surface area contributed by atoms with E-state index in [-0.39, 0.29) is 0 Å². The maximum atomic E-state index is 6.03. The van der Waals surface area contributed by atoms with Crippen LogP contribution < -0.4 is 4.90 Å². The molecule has 0 saturated heterocycles. The molecule has 0 aliphatic heterocycles. The number of hydrogen-bond acceptors (Lipinski definition) is 3. The lowest BCUT2D eigenvalue weighted by Crippen LogP contribution is -2.19. The molecule has 0 saturated carbocycles. The Balaban J connectivity index is 2.31. The summed E-state index contributed by atoms with van der Waals surface area (Å²) in [6, 6.07) is 5.90. The van der Waals surface area contributed by atoms with E-state index in [1.807, 2.05) is 26.1 Å². The topological polar surface area (TPSA) is 29.3 Å². The van der Waals surface area contributed by atoms with Gasteiger partial charge in [-0.15, -0.1) is 11.6 Å². The van der Waals surface area contributed by atoms with Crippen LogP contribution in [0.3, 0.4) is 0 Å². The van der Waals surface area contributed by atoms with Gasteiger partial charge >= 0.3 is 0 Å². The molecule has 0 atom stereocenters. The molecule has 0 radical (unpaired) electrons. The third-order valence-corrected chi connectivity index (χ3v) is 3.19. The summed E-state index contributed by atoms with van der Waals surface area (Å²) >= 11 is 6.03. The van der Waals surface area contributed by atoms with Crippen molar-refractivity contribution in [2.24, 2.45) is 0 Å². The molecule has 0 unspecified atom stereocenters. The minimum atomic E-state index is 0.469. The van der Waals surface area contributed by atoms with Gasteiger partial charge in [0.25, 0.3) is 0 Å². The normalized spacial score (nSPS) is 10.7. The van der Waals surface area contributed by atoms with E-state index >= 15 is 0 Å². The summed E-state index contributed by atoms with van der Waals surface area (Å²) in [6.45, 7) is 4.75. The summed E-state index contributed by atoms with van der Waals surface area (Å²) in [5.74, 6) is 2.31. The van der Waals surface area contributed by atoms with Gasteiger partial charge < -0.3 is 9.32 Å². The highest BCUT2D eigenvalue weighted by Gasteiger charge is 2.13. The first-order chi connectivity index (χ1) is 8.61. The molecular formula is C14H17ClN2O. The van der Waals surface area contributed by atoms with Crippen LogP contribution in [0.1, 0.15) is 22.6 Å². The van der Waals surface area contributed by atoms with E-state index in [0.717, 1.165) is 22.8 Å². The summed E-state index contributed by atoms with van der Waals surface area (Å²) in [5, 5.41) is 0. The van der Waals surface area contributed by atoms with E-state index < -0.39 is 0 Å². The summed E-state index contributed by atoms with van der Waals surface area (Å²) < 4.78 is 5.36. The number of hydrogen-bond donors (Lipinski definition) is 0. The number of alkyl halides is 1. The number of furan rings is 1. The van der Waals surface area contributed by atoms with Crippen molar-refractivity contribution in [2.75, 3.05) is 11.9 Å². The molecule has 2 rings (SSSR count). The van der Waals surface area contributed by atoms with Crippen molar-refractivity contribution in [3.63, 3.8) is 0 Å². The van der Waals surface area contributed by atoms with E-state index in [1.165, 1.54) is 5.56 Å². The number of anilines is 1. The largest absolute Gasteiger partial charge is 0.467 e. The van der Waals surface area contributed by atoms with Gasteiger partial charge in [-0.25, -0.2) is 4.98 Å². The zero-order valence-electron chi connectivity index (χ0n) is 10.9. The number of pyridine rings is 1. The van der Waals surface area contributed by atoms with Crippen molar-refractivity contribution in [1.82, 2.24) is 4.98 Å².